The van der Waals surface area contributed by atoms with E-state index in [9.17, 15) is 13.2 Å². The van der Waals surface area contributed by atoms with Gasteiger partial charge >= 0.3 is 0 Å². The Morgan fingerprint density at radius 1 is 1.07 bits per heavy atom. The molecular weight excluding hydrogens is 412 g/mol. The van der Waals surface area contributed by atoms with Crippen LogP contribution < -0.4 is 14.8 Å². The minimum atomic E-state index is -3.69. The fourth-order valence-electron chi connectivity index (χ4n) is 3.63. The number of rotatable bonds is 5. The Morgan fingerprint density at radius 3 is 2.62 bits per heavy atom. The molecule has 154 valence electrons. The van der Waals surface area contributed by atoms with Crippen LogP contribution in [-0.4, -0.2) is 45.1 Å². The van der Waals surface area contributed by atoms with Crippen LogP contribution in [0.25, 0.3) is 0 Å². The Bertz CT molecular complexity index is 1050. The molecule has 4 rings (SSSR count). The van der Waals surface area contributed by atoms with Gasteiger partial charge in [0.1, 0.15) is 0 Å². The SMILES string of the molecule is COc1ccc(C2SCCN2S(=O)(=O)c2ccc3c(c2)CCC(=O)N3)cc1OC. The molecule has 0 aliphatic carbocycles. The second kappa shape index (κ2) is 7.89. The summed E-state index contributed by atoms with van der Waals surface area (Å²) in [5, 5.41) is 2.45. The number of anilines is 1. The molecular formula is C20H22N2O5S2. The number of hydrogen-bond donors (Lipinski definition) is 1. The number of carbonyl (C=O) groups is 1. The van der Waals surface area contributed by atoms with E-state index in [1.165, 1.54) is 4.31 Å². The summed E-state index contributed by atoms with van der Waals surface area (Å²) in [5.74, 6) is 1.83. The van der Waals surface area contributed by atoms with E-state index in [0.717, 1.165) is 11.1 Å². The first-order chi connectivity index (χ1) is 13.9. The van der Waals surface area contributed by atoms with E-state index in [2.05, 4.69) is 5.32 Å². The normalized spacial score (nSPS) is 19.5. The lowest BCUT2D eigenvalue weighted by Crippen LogP contribution is -2.31. The summed E-state index contributed by atoms with van der Waals surface area (Å²) in [4.78, 5) is 11.8. The number of thioether (sulfide) groups is 1. The standard InChI is InChI=1S/C20H22N2O5S2/c1-26-17-7-3-14(12-18(17)27-2)20-22(9-10-28-20)29(24,25)15-5-6-16-13(11-15)4-8-19(23)21-16/h3,5-7,11-12,20H,4,8-10H2,1-2H3,(H,21,23). The van der Waals surface area contributed by atoms with E-state index < -0.39 is 10.0 Å². The van der Waals surface area contributed by atoms with Crippen LogP contribution in [0, 0.1) is 0 Å². The number of benzene rings is 2. The van der Waals surface area contributed by atoms with Crippen molar-refractivity contribution in [1.82, 2.24) is 4.31 Å². The van der Waals surface area contributed by atoms with Gasteiger partial charge in [-0.15, -0.1) is 11.8 Å². The van der Waals surface area contributed by atoms with Crippen molar-refractivity contribution >= 4 is 33.4 Å². The van der Waals surface area contributed by atoms with E-state index >= 15 is 0 Å². The molecule has 1 amide bonds. The smallest absolute Gasteiger partial charge is 0.244 e. The minimum absolute atomic E-state index is 0.0439. The van der Waals surface area contributed by atoms with Crippen LogP contribution in [0.2, 0.25) is 0 Å². The third-order valence-corrected chi connectivity index (χ3v) is 8.38. The highest BCUT2D eigenvalue weighted by Crippen LogP contribution is 2.44. The van der Waals surface area contributed by atoms with Gasteiger partial charge in [0.05, 0.1) is 24.5 Å². The maximum atomic E-state index is 13.4. The lowest BCUT2D eigenvalue weighted by molar-refractivity contribution is -0.116. The number of amides is 1. The zero-order chi connectivity index (χ0) is 20.6. The predicted molar refractivity (Wildman–Crippen MR) is 112 cm³/mol. The highest BCUT2D eigenvalue weighted by molar-refractivity contribution is 8.01. The second-order valence-corrected chi connectivity index (χ2v) is 9.90. The van der Waals surface area contributed by atoms with Crippen molar-refractivity contribution in [1.29, 1.82) is 0 Å². The first-order valence-corrected chi connectivity index (χ1v) is 11.7. The first-order valence-electron chi connectivity index (χ1n) is 9.22. The highest BCUT2D eigenvalue weighted by Gasteiger charge is 2.37. The Balaban J connectivity index is 1.67. The predicted octanol–water partition coefficient (Wildman–Crippen LogP) is 3.02. The van der Waals surface area contributed by atoms with Crippen LogP contribution in [0.1, 0.15) is 22.9 Å². The molecule has 1 saturated heterocycles. The number of carbonyl (C=O) groups excluding carboxylic acids is 1. The number of sulfonamides is 1. The number of hydrogen-bond acceptors (Lipinski definition) is 6. The van der Waals surface area contributed by atoms with Gasteiger partial charge in [0.2, 0.25) is 15.9 Å². The zero-order valence-corrected chi connectivity index (χ0v) is 17.8. The van der Waals surface area contributed by atoms with Crippen LogP contribution >= 0.6 is 11.8 Å². The lowest BCUT2D eigenvalue weighted by Gasteiger charge is -2.25. The molecule has 2 aromatic carbocycles. The summed E-state index contributed by atoms with van der Waals surface area (Å²) < 4.78 is 39.0. The summed E-state index contributed by atoms with van der Waals surface area (Å²) in [6, 6.07) is 10.4. The fourth-order valence-corrected chi connectivity index (χ4v) is 6.91. The second-order valence-electron chi connectivity index (χ2n) is 6.82. The molecule has 9 heteroatoms. The van der Waals surface area contributed by atoms with Crippen LogP contribution in [0.5, 0.6) is 11.5 Å². The topological polar surface area (TPSA) is 84.9 Å². The maximum absolute atomic E-state index is 13.4. The van der Waals surface area contributed by atoms with Crippen LogP contribution in [0.4, 0.5) is 5.69 Å². The molecule has 0 bridgehead atoms. The lowest BCUT2D eigenvalue weighted by atomic mass is 10.0. The first kappa shape index (κ1) is 20.1. The number of fused-ring (bicyclic) bond motifs is 1. The van der Waals surface area contributed by atoms with Crippen molar-refractivity contribution in [2.24, 2.45) is 0 Å². The van der Waals surface area contributed by atoms with Gasteiger partial charge in [-0.3, -0.25) is 4.79 Å². The quantitative estimate of drug-likeness (QED) is 0.779. The summed E-state index contributed by atoms with van der Waals surface area (Å²) in [5.41, 5.74) is 2.38. The molecule has 0 aromatic heterocycles. The van der Waals surface area contributed by atoms with Gasteiger partial charge in [-0.25, -0.2) is 8.42 Å². The summed E-state index contributed by atoms with van der Waals surface area (Å²) in [6.45, 7) is 0.430. The zero-order valence-electron chi connectivity index (χ0n) is 16.2. The van der Waals surface area contributed by atoms with Crippen molar-refractivity contribution in [3.05, 3.63) is 47.5 Å². The molecule has 2 heterocycles. The van der Waals surface area contributed by atoms with E-state index in [-0.39, 0.29) is 16.2 Å². The number of methoxy groups -OCH3 is 2. The Hall–Kier alpha value is -2.23. The summed E-state index contributed by atoms with van der Waals surface area (Å²) in [6.07, 6.45) is 0.905. The molecule has 2 aliphatic heterocycles. The molecule has 1 unspecified atom stereocenters. The van der Waals surface area contributed by atoms with Gasteiger partial charge in [0.15, 0.2) is 11.5 Å². The maximum Gasteiger partial charge on any atom is 0.244 e. The number of nitrogens with zero attached hydrogens (tertiary/aromatic N) is 1. The molecule has 1 N–H and O–H groups in total. The summed E-state index contributed by atoms with van der Waals surface area (Å²) in [7, 11) is -0.565. The van der Waals surface area contributed by atoms with Crippen molar-refractivity contribution in [3.8, 4) is 11.5 Å². The van der Waals surface area contributed by atoms with E-state index in [0.29, 0.717) is 42.3 Å². The molecule has 0 spiro atoms. The molecule has 2 aliphatic rings. The number of ether oxygens (including phenoxy) is 2. The van der Waals surface area contributed by atoms with Gasteiger partial charge in [0.25, 0.3) is 0 Å². The molecule has 7 nitrogen and oxygen atoms in total. The molecule has 1 fully saturated rings. The summed E-state index contributed by atoms with van der Waals surface area (Å²) >= 11 is 1.58. The molecule has 0 radical (unpaired) electrons. The van der Waals surface area contributed by atoms with Gasteiger partial charge in [0, 0.05) is 24.4 Å². The molecule has 0 saturated carbocycles. The van der Waals surface area contributed by atoms with E-state index in [4.69, 9.17) is 9.47 Å². The molecule has 2 aromatic rings. The Morgan fingerprint density at radius 2 is 1.86 bits per heavy atom. The average Bonchev–Trinajstić information content (AvgIpc) is 3.23. The largest absolute Gasteiger partial charge is 0.493 e. The van der Waals surface area contributed by atoms with Gasteiger partial charge in [-0.05, 0) is 47.9 Å². The van der Waals surface area contributed by atoms with E-state index in [1.807, 2.05) is 12.1 Å². The van der Waals surface area contributed by atoms with Crippen LogP contribution in [0.15, 0.2) is 41.3 Å². The van der Waals surface area contributed by atoms with Crippen molar-refractivity contribution in [3.63, 3.8) is 0 Å². The number of nitrogens with one attached hydrogen (secondary N) is 1. The highest BCUT2D eigenvalue weighted by atomic mass is 32.2. The Labute approximate surface area is 174 Å². The van der Waals surface area contributed by atoms with Crippen LogP contribution in [-0.2, 0) is 21.2 Å². The minimum Gasteiger partial charge on any atom is -0.493 e. The van der Waals surface area contributed by atoms with Gasteiger partial charge in [-0.2, -0.15) is 4.31 Å². The van der Waals surface area contributed by atoms with Crippen molar-refractivity contribution in [2.45, 2.75) is 23.1 Å². The van der Waals surface area contributed by atoms with Crippen molar-refractivity contribution in [2.75, 3.05) is 31.8 Å². The third-order valence-electron chi connectivity index (χ3n) is 5.12. The van der Waals surface area contributed by atoms with Gasteiger partial charge < -0.3 is 14.8 Å². The van der Waals surface area contributed by atoms with Gasteiger partial charge in [-0.1, -0.05) is 6.07 Å². The third kappa shape index (κ3) is 3.70. The fraction of sp³-hybridized carbons (Fsp3) is 0.350. The average molecular weight is 435 g/mol. The van der Waals surface area contributed by atoms with Crippen molar-refractivity contribution < 1.29 is 22.7 Å². The monoisotopic (exact) mass is 434 g/mol. The molecule has 1 atom stereocenters. The number of aryl methyl sites for hydroxylation is 1. The van der Waals surface area contributed by atoms with Crippen LogP contribution in [0.3, 0.4) is 0 Å². The van der Waals surface area contributed by atoms with E-state index in [1.54, 1.807) is 50.2 Å². The Kier molecular flexibility index (Phi) is 5.46. The molecule has 29 heavy (non-hydrogen) atoms.